The molecule has 0 radical (unpaired) electrons. The van der Waals surface area contributed by atoms with E-state index in [2.05, 4.69) is 5.32 Å². The SMILES string of the molecule is CN1C(=O)NC(=O)[C@H]1[C@H](O)c1ccc(-c2ccccc2)cc1. The van der Waals surface area contributed by atoms with Gasteiger partial charge in [-0.05, 0) is 16.7 Å². The van der Waals surface area contributed by atoms with Gasteiger partial charge in [0.2, 0.25) is 0 Å². The third-order valence-corrected chi connectivity index (χ3v) is 3.89. The molecule has 1 aliphatic heterocycles. The van der Waals surface area contributed by atoms with Gasteiger partial charge in [-0.1, -0.05) is 54.6 Å². The number of benzene rings is 2. The topological polar surface area (TPSA) is 69.6 Å². The summed E-state index contributed by atoms with van der Waals surface area (Å²) in [6.07, 6.45) is -1.05. The van der Waals surface area contributed by atoms with Gasteiger partial charge in [0, 0.05) is 7.05 Å². The molecule has 1 saturated heterocycles. The molecule has 5 nitrogen and oxygen atoms in total. The van der Waals surface area contributed by atoms with Gasteiger partial charge in [-0.3, -0.25) is 10.1 Å². The average molecular weight is 296 g/mol. The summed E-state index contributed by atoms with van der Waals surface area (Å²) >= 11 is 0. The Kier molecular flexibility index (Phi) is 3.65. The highest BCUT2D eigenvalue weighted by atomic mass is 16.3. The fourth-order valence-electron chi connectivity index (χ4n) is 2.61. The van der Waals surface area contributed by atoms with E-state index in [1.54, 1.807) is 12.1 Å². The van der Waals surface area contributed by atoms with E-state index < -0.39 is 24.1 Å². The van der Waals surface area contributed by atoms with Crippen molar-refractivity contribution in [1.82, 2.24) is 10.2 Å². The van der Waals surface area contributed by atoms with Gasteiger partial charge < -0.3 is 10.0 Å². The van der Waals surface area contributed by atoms with Crippen LogP contribution >= 0.6 is 0 Å². The number of rotatable bonds is 3. The number of imide groups is 1. The molecule has 1 fully saturated rings. The summed E-state index contributed by atoms with van der Waals surface area (Å²) in [5.74, 6) is -0.480. The van der Waals surface area contributed by atoms with Crippen LogP contribution in [0, 0.1) is 0 Å². The molecule has 2 aromatic rings. The fraction of sp³-hybridized carbons (Fsp3) is 0.176. The Morgan fingerprint density at radius 3 is 2.14 bits per heavy atom. The number of urea groups is 1. The van der Waals surface area contributed by atoms with Crippen LogP contribution in [0.25, 0.3) is 11.1 Å². The number of nitrogens with one attached hydrogen (secondary N) is 1. The minimum atomic E-state index is -1.05. The van der Waals surface area contributed by atoms with Crippen molar-refractivity contribution in [2.75, 3.05) is 7.05 Å². The van der Waals surface area contributed by atoms with E-state index in [-0.39, 0.29) is 0 Å². The zero-order valence-corrected chi connectivity index (χ0v) is 12.1. The van der Waals surface area contributed by atoms with E-state index in [9.17, 15) is 14.7 Å². The number of amides is 3. The van der Waals surface area contributed by atoms with Crippen molar-refractivity contribution in [2.24, 2.45) is 0 Å². The minimum absolute atomic E-state index is 0.480. The van der Waals surface area contributed by atoms with Crippen molar-refractivity contribution >= 4 is 11.9 Å². The zero-order chi connectivity index (χ0) is 15.7. The van der Waals surface area contributed by atoms with Crippen LogP contribution in [0.2, 0.25) is 0 Å². The van der Waals surface area contributed by atoms with Crippen molar-refractivity contribution in [2.45, 2.75) is 12.1 Å². The van der Waals surface area contributed by atoms with Crippen LogP contribution in [0.3, 0.4) is 0 Å². The molecule has 112 valence electrons. The molecule has 0 spiro atoms. The Morgan fingerprint density at radius 2 is 1.59 bits per heavy atom. The number of carbonyl (C=O) groups is 2. The van der Waals surface area contributed by atoms with Crippen molar-refractivity contribution in [3.63, 3.8) is 0 Å². The highest BCUT2D eigenvalue weighted by molar-refractivity contribution is 6.04. The summed E-state index contributed by atoms with van der Waals surface area (Å²) in [5, 5.41) is 12.6. The van der Waals surface area contributed by atoms with Crippen LogP contribution in [0.15, 0.2) is 54.6 Å². The van der Waals surface area contributed by atoms with E-state index in [0.29, 0.717) is 5.56 Å². The fourth-order valence-corrected chi connectivity index (χ4v) is 2.61. The molecule has 3 amide bonds. The summed E-state index contributed by atoms with van der Waals surface area (Å²) < 4.78 is 0. The summed E-state index contributed by atoms with van der Waals surface area (Å²) in [6.45, 7) is 0. The molecule has 0 aliphatic carbocycles. The number of aliphatic hydroxyl groups excluding tert-OH is 1. The summed E-state index contributed by atoms with van der Waals surface area (Å²) in [7, 11) is 1.49. The molecule has 0 saturated carbocycles. The monoisotopic (exact) mass is 296 g/mol. The van der Waals surface area contributed by atoms with Crippen LogP contribution in [-0.4, -0.2) is 35.0 Å². The lowest BCUT2D eigenvalue weighted by Gasteiger charge is -2.22. The molecule has 5 heteroatoms. The summed E-state index contributed by atoms with van der Waals surface area (Å²) in [5.41, 5.74) is 2.70. The minimum Gasteiger partial charge on any atom is -0.386 e. The van der Waals surface area contributed by atoms with Crippen LogP contribution in [0.4, 0.5) is 4.79 Å². The molecule has 1 heterocycles. The Balaban J connectivity index is 1.84. The van der Waals surface area contributed by atoms with Gasteiger partial charge in [0.1, 0.15) is 12.1 Å². The second-order valence-corrected chi connectivity index (χ2v) is 5.28. The molecule has 22 heavy (non-hydrogen) atoms. The predicted octanol–water partition coefficient (Wildman–Crippen LogP) is 1.94. The Hall–Kier alpha value is -2.66. The molecule has 0 bridgehead atoms. The normalized spacial score (nSPS) is 19.2. The van der Waals surface area contributed by atoms with E-state index in [4.69, 9.17) is 0 Å². The second kappa shape index (κ2) is 5.61. The summed E-state index contributed by atoms with van der Waals surface area (Å²) in [6, 6.07) is 15.8. The first-order valence-electron chi connectivity index (χ1n) is 6.99. The van der Waals surface area contributed by atoms with Crippen LogP contribution in [0.1, 0.15) is 11.7 Å². The van der Waals surface area contributed by atoms with Gasteiger partial charge >= 0.3 is 6.03 Å². The number of carbonyl (C=O) groups excluding carboxylic acids is 2. The molecule has 3 rings (SSSR count). The first kappa shape index (κ1) is 14.3. The largest absolute Gasteiger partial charge is 0.386 e. The highest BCUT2D eigenvalue weighted by Gasteiger charge is 2.41. The molecule has 2 atom stereocenters. The highest BCUT2D eigenvalue weighted by Crippen LogP contribution is 2.26. The van der Waals surface area contributed by atoms with Crippen LogP contribution in [0.5, 0.6) is 0 Å². The maximum absolute atomic E-state index is 11.8. The maximum atomic E-state index is 11.8. The van der Waals surface area contributed by atoms with E-state index in [1.165, 1.54) is 11.9 Å². The Labute approximate surface area is 128 Å². The standard InChI is InChI=1S/C17H16N2O3/c1-19-14(16(21)18-17(19)22)15(20)13-9-7-12(8-10-13)11-5-3-2-4-6-11/h2-10,14-15,20H,1H3,(H,18,21,22)/t14-,15-/m1/s1. The lowest BCUT2D eigenvalue weighted by atomic mass is 9.98. The van der Waals surface area contributed by atoms with Gasteiger partial charge in [0.25, 0.3) is 5.91 Å². The quantitative estimate of drug-likeness (QED) is 0.850. The number of hydrogen-bond acceptors (Lipinski definition) is 3. The predicted molar refractivity (Wildman–Crippen MR) is 81.9 cm³/mol. The smallest absolute Gasteiger partial charge is 0.324 e. The van der Waals surface area contributed by atoms with Gasteiger partial charge in [-0.2, -0.15) is 0 Å². The van der Waals surface area contributed by atoms with E-state index in [0.717, 1.165) is 11.1 Å². The molecule has 2 N–H and O–H groups in total. The Morgan fingerprint density at radius 1 is 1.00 bits per heavy atom. The third-order valence-electron chi connectivity index (χ3n) is 3.89. The van der Waals surface area contributed by atoms with Crippen LogP contribution < -0.4 is 5.32 Å². The maximum Gasteiger partial charge on any atom is 0.324 e. The molecule has 2 aromatic carbocycles. The van der Waals surface area contributed by atoms with Gasteiger partial charge in [-0.15, -0.1) is 0 Å². The molecule has 0 unspecified atom stereocenters. The second-order valence-electron chi connectivity index (χ2n) is 5.28. The molecular weight excluding hydrogens is 280 g/mol. The van der Waals surface area contributed by atoms with Crippen molar-refractivity contribution < 1.29 is 14.7 Å². The third kappa shape index (κ3) is 2.46. The lowest BCUT2D eigenvalue weighted by molar-refractivity contribution is -0.124. The van der Waals surface area contributed by atoms with Crippen molar-refractivity contribution in [3.8, 4) is 11.1 Å². The molecule has 0 aromatic heterocycles. The lowest BCUT2D eigenvalue weighted by Crippen LogP contribution is -2.37. The number of likely N-dealkylation sites (N-methyl/N-ethyl adjacent to an activating group) is 1. The zero-order valence-electron chi connectivity index (χ0n) is 12.1. The summed E-state index contributed by atoms with van der Waals surface area (Å²) in [4.78, 5) is 24.4. The number of nitrogens with zero attached hydrogens (tertiary/aromatic N) is 1. The first-order valence-corrected chi connectivity index (χ1v) is 6.99. The van der Waals surface area contributed by atoms with Crippen LogP contribution in [-0.2, 0) is 4.79 Å². The van der Waals surface area contributed by atoms with Gasteiger partial charge in [-0.25, -0.2) is 4.79 Å². The van der Waals surface area contributed by atoms with E-state index in [1.807, 2.05) is 42.5 Å². The average Bonchev–Trinajstić information content (AvgIpc) is 2.80. The van der Waals surface area contributed by atoms with Gasteiger partial charge in [0.15, 0.2) is 0 Å². The first-order chi connectivity index (χ1) is 10.6. The van der Waals surface area contributed by atoms with Crippen molar-refractivity contribution in [1.29, 1.82) is 0 Å². The van der Waals surface area contributed by atoms with Crippen molar-refractivity contribution in [3.05, 3.63) is 60.2 Å². The Bertz CT molecular complexity index is 698. The molecular formula is C17H16N2O3. The van der Waals surface area contributed by atoms with E-state index >= 15 is 0 Å². The number of aliphatic hydroxyl groups is 1. The molecule has 1 aliphatic rings. The number of hydrogen-bond donors (Lipinski definition) is 2. The van der Waals surface area contributed by atoms with Gasteiger partial charge in [0.05, 0.1) is 0 Å².